The second kappa shape index (κ2) is 3.65. The molecule has 42 valence electrons. The van der Waals surface area contributed by atoms with E-state index in [-0.39, 0.29) is 0 Å². The van der Waals surface area contributed by atoms with Gasteiger partial charge in [-0.3, -0.25) is 0 Å². The zero-order chi connectivity index (χ0) is 5.70. The highest BCUT2D eigenvalue weighted by molar-refractivity contribution is 5.50. The molecule has 0 fully saturated rings. The number of hydrogen-bond donors (Lipinski definition) is 0. The van der Waals surface area contributed by atoms with Gasteiger partial charge in [-0.05, 0) is 6.42 Å². The van der Waals surface area contributed by atoms with Crippen molar-refractivity contribution in [3.63, 3.8) is 0 Å². The maximum atomic E-state index is 10.1. The number of hydroxylamine groups is 1. The minimum atomic E-state index is 0.837. The lowest BCUT2D eigenvalue weighted by molar-refractivity contribution is -0.418. The minimum Gasteiger partial charge on any atom is -0.624 e. The van der Waals surface area contributed by atoms with Crippen LogP contribution < -0.4 is 0 Å². The molecule has 0 N–H and O–H groups in total. The molecule has 0 saturated carbocycles. The monoisotopic (exact) mass is 101 g/mol. The summed E-state index contributed by atoms with van der Waals surface area (Å²) in [4.78, 5) is 0. The van der Waals surface area contributed by atoms with E-state index in [1.807, 2.05) is 6.92 Å². The first kappa shape index (κ1) is 6.47. The van der Waals surface area contributed by atoms with Gasteiger partial charge in [-0.25, -0.2) is 4.74 Å². The number of unbranched alkanes of at least 4 members (excludes halogenated alkanes) is 1. The molecular formula is C5H11NO. The maximum Gasteiger partial charge on any atom is 0.150 e. The second-order valence-electron chi connectivity index (χ2n) is 1.52. The molecule has 0 aliphatic rings. The van der Waals surface area contributed by atoms with Crippen molar-refractivity contribution in [2.75, 3.05) is 7.05 Å². The third-order valence-electron chi connectivity index (χ3n) is 0.675. The second-order valence-corrected chi connectivity index (χ2v) is 1.52. The summed E-state index contributed by atoms with van der Waals surface area (Å²) >= 11 is 0. The molecule has 2 heteroatoms. The highest BCUT2D eigenvalue weighted by Gasteiger charge is 1.76. The first-order valence-corrected chi connectivity index (χ1v) is 2.50. The van der Waals surface area contributed by atoms with Crippen molar-refractivity contribution in [1.82, 2.24) is 0 Å². The highest BCUT2D eigenvalue weighted by Crippen LogP contribution is 1.77. The molecule has 0 aromatic heterocycles. The van der Waals surface area contributed by atoms with Crippen LogP contribution in [0.3, 0.4) is 0 Å². The van der Waals surface area contributed by atoms with Gasteiger partial charge in [0.05, 0.1) is 0 Å². The van der Waals surface area contributed by atoms with E-state index in [4.69, 9.17) is 0 Å². The molecule has 0 rings (SSSR count). The van der Waals surface area contributed by atoms with Crippen LogP contribution in [0.5, 0.6) is 0 Å². The predicted octanol–water partition coefficient (Wildman–Crippen LogP) is 0.997. The SMILES string of the molecule is CCC/C=[N+](/C)[O-]. The Bertz CT molecular complexity index is 64.5. The third-order valence-corrected chi connectivity index (χ3v) is 0.675. The normalized spacial score (nSPS) is 12.0. The third kappa shape index (κ3) is 5.47. The summed E-state index contributed by atoms with van der Waals surface area (Å²) in [6.07, 6.45) is 3.56. The lowest BCUT2D eigenvalue weighted by Gasteiger charge is -1.90. The van der Waals surface area contributed by atoms with E-state index in [0.29, 0.717) is 0 Å². The van der Waals surface area contributed by atoms with Crippen LogP contribution >= 0.6 is 0 Å². The molecule has 2 nitrogen and oxygen atoms in total. The van der Waals surface area contributed by atoms with E-state index in [1.165, 1.54) is 7.05 Å². The van der Waals surface area contributed by atoms with Crippen LogP contribution in [0.2, 0.25) is 0 Å². The van der Waals surface area contributed by atoms with E-state index >= 15 is 0 Å². The lowest BCUT2D eigenvalue weighted by atomic mass is 10.4. The number of nitrogens with zero attached hydrogens (tertiary/aromatic N) is 1. The van der Waals surface area contributed by atoms with Crippen molar-refractivity contribution in [2.45, 2.75) is 19.8 Å². The molecule has 0 saturated heterocycles. The molecule has 7 heavy (non-hydrogen) atoms. The van der Waals surface area contributed by atoms with Gasteiger partial charge in [-0.1, -0.05) is 6.92 Å². The zero-order valence-electron chi connectivity index (χ0n) is 4.85. The number of hydrogen-bond acceptors (Lipinski definition) is 1. The molecule has 0 amide bonds. The Morgan fingerprint density at radius 2 is 2.29 bits per heavy atom. The van der Waals surface area contributed by atoms with Crippen LogP contribution in [0, 0.1) is 5.21 Å². The average molecular weight is 101 g/mol. The Balaban J connectivity index is 3.08. The van der Waals surface area contributed by atoms with Crippen LogP contribution in [0.25, 0.3) is 0 Å². The van der Waals surface area contributed by atoms with Gasteiger partial charge < -0.3 is 5.21 Å². The van der Waals surface area contributed by atoms with Crippen molar-refractivity contribution < 1.29 is 4.74 Å². The Morgan fingerprint density at radius 1 is 1.71 bits per heavy atom. The molecule has 0 heterocycles. The van der Waals surface area contributed by atoms with Gasteiger partial charge in [0, 0.05) is 6.42 Å². The molecule has 0 radical (unpaired) electrons. The lowest BCUT2D eigenvalue weighted by Crippen LogP contribution is -1.94. The average Bonchev–Trinajstić information content (AvgIpc) is 1.61. The molecule has 0 atom stereocenters. The van der Waals surface area contributed by atoms with Crippen molar-refractivity contribution in [3.05, 3.63) is 5.21 Å². The van der Waals surface area contributed by atoms with Gasteiger partial charge in [-0.2, -0.15) is 0 Å². The van der Waals surface area contributed by atoms with Crippen LogP contribution in [0.1, 0.15) is 19.8 Å². The van der Waals surface area contributed by atoms with Gasteiger partial charge in [-0.15, -0.1) is 0 Å². The van der Waals surface area contributed by atoms with Gasteiger partial charge in [0.1, 0.15) is 7.05 Å². The van der Waals surface area contributed by atoms with Crippen molar-refractivity contribution in [2.24, 2.45) is 0 Å². The van der Waals surface area contributed by atoms with Crippen molar-refractivity contribution >= 4 is 6.21 Å². The summed E-state index contributed by atoms with van der Waals surface area (Å²) in [6.45, 7) is 2.04. The molecule has 0 aromatic rings. The first-order chi connectivity index (χ1) is 3.27. The summed E-state index contributed by atoms with van der Waals surface area (Å²) in [7, 11) is 1.50. The van der Waals surface area contributed by atoms with Crippen LogP contribution in [-0.2, 0) is 0 Å². The van der Waals surface area contributed by atoms with Gasteiger partial charge >= 0.3 is 0 Å². The summed E-state index contributed by atoms with van der Waals surface area (Å²) < 4.78 is 0.837. The molecule has 0 unspecified atom stereocenters. The standard InChI is InChI=1S/C5H11NO/c1-3-4-5-6(2)7/h5H,3-4H2,1-2H3/b6-5-. The van der Waals surface area contributed by atoms with E-state index in [1.54, 1.807) is 6.21 Å². The van der Waals surface area contributed by atoms with E-state index in [2.05, 4.69) is 0 Å². The van der Waals surface area contributed by atoms with Crippen LogP contribution in [0.4, 0.5) is 0 Å². The van der Waals surface area contributed by atoms with Crippen molar-refractivity contribution in [1.29, 1.82) is 0 Å². The highest BCUT2D eigenvalue weighted by atomic mass is 16.5. The fourth-order valence-electron chi connectivity index (χ4n) is 0.311. The minimum absolute atomic E-state index is 0.837. The molecule has 0 aromatic carbocycles. The smallest absolute Gasteiger partial charge is 0.150 e. The van der Waals surface area contributed by atoms with E-state index < -0.39 is 0 Å². The Hall–Kier alpha value is -0.530. The van der Waals surface area contributed by atoms with E-state index in [0.717, 1.165) is 17.6 Å². The van der Waals surface area contributed by atoms with Gasteiger partial charge in [0.25, 0.3) is 0 Å². The Kier molecular flexibility index (Phi) is 3.38. The Labute approximate surface area is 44.1 Å². The summed E-state index contributed by atoms with van der Waals surface area (Å²) in [6, 6.07) is 0. The van der Waals surface area contributed by atoms with Gasteiger partial charge in [0.2, 0.25) is 0 Å². The first-order valence-electron chi connectivity index (χ1n) is 2.50. The summed E-state index contributed by atoms with van der Waals surface area (Å²) in [5.74, 6) is 0. The predicted molar refractivity (Wildman–Crippen MR) is 30.5 cm³/mol. The molecule has 0 spiro atoms. The van der Waals surface area contributed by atoms with Crippen molar-refractivity contribution in [3.8, 4) is 0 Å². The van der Waals surface area contributed by atoms with Gasteiger partial charge in [0.15, 0.2) is 6.21 Å². The fraction of sp³-hybridized carbons (Fsp3) is 0.800. The summed E-state index contributed by atoms with van der Waals surface area (Å²) in [5.41, 5.74) is 0. The number of rotatable bonds is 2. The molecule has 0 bridgehead atoms. The largest absolute Gasteiger partial charge is 0.624 e. The van der Waals surface area contributed by atoms with Crippen LogP contribution in [-0.4, -0.2) is 18.0 Å². The quantitative estimate of drug-likeness (QED) is 0.220. The zero-order valence-corrected chi connectivity index (χ0v) is 4.85. The molecule has 0 aliphatic carbocycles. The maximum absolute atomic E-state index is 10.1. The summed E-state index contributed by atoms with van der Waals surface area (Å²) in [5, 5.41) is 10.1. The van der Waals surface area contributed by atoms with E-state index in [9.17, 15) is 5.21 Å². The fourth-order valence-corrected chi connectivity index (χ4v) is 0.311. The Morgan fingerprint density at radius 3 is 2.43 bits per heavy atom. The molecule has 0 aliphatic heterocycles. The molecular weight excluding hydrogens is 90.1 g/mol. The van der Waals surface area contributed by atoms with Crippen LogP contribution in [0.15, 0.2) is 0 Å². The topological polar surface area (TPSA) is 26.1 Å².